The summed E-state index contributed by atoms with van der Waals surface area (Å²) in [5, 5.41) is 1.81. The number of thiazole rings is 1. The van der Waals surface area contributed by atoms with E-state index in [9.17, 15) is 0 Å². The van der Waals surface area contributed by atoms with Crippen LogP contribution in [0.1, 0.15) is 11.9 Å². The van der Waals surface area contributed by atoms with Crippen LogP contribution in [0, 0.1) is 0 Å². The van der Waals surface area contributed by atoms with E-state index in [0.717, 1.165) is 39.2 Å². The van der Waals surface area contributed by atoms with Crippen molar-refractivity contribution in [3.05, 3.63) is 59.6 Å². The summed E-state index contributed by atoms with van der Waals surface area (Å²) in [4.78, 5) is 4.58. The SMILES string of the molecule is CCc1nc(-c2cccc(Oc3ccccc3)c2)c(N)s1. The molecule has 0 bridgehead atoms. The monoisotopic (exact) mass is 296 g/mol. The fourth-order valence-electron chi connectivity index (χ4n) is 2.07. The Hall–Kier alpha value is -2.33. The number of benzene rings is 2. The zero-order chi connectivity index (χ0) is 14.7. The van der Waals surface area contributed by atoms with Crippen molar-refractivity contribution < 1.29 is 4.74 Å². The van der Waals surface area contributed by atoms with Crippen LogP contribution >= 0.6 is 11.3 Å². The molecule has 3 rings (SSSR count). The lowest BCUT2D eigenvalue weighted by molar-refractivity contribution is 0.483. The number of hydrogen-bond donors (Lipinski definition) is 1. The van der Waals surface area contributed by atoms with E-state index in [4.69, 9.17) is 10.5 Å². The maximum Gasteiger partial charge on any atom is 0.128 e. The van der Waals surface area contributed by atoms with E-state index in [0.29, 0.717) is 0 Å². The Labute approximate surface area is 128 Å². The molecule has 0 saturated carbocycles. The molecule has 2 N–H and O–H groups in total. The van der Waals surface area contributed by atoms with Gasteiger partial charge in [0.2, 0.25) is 0 Å². The van der Waals surface area contributed by atoms with Gasteiger partial charge in [-0.15, -0.1) is 11.3 Å². The van der Waals surface area contributed by atoms with Gasteiger partial charge in [-0.2, -0.15) is 0 Å². The van der Waals surface area contributed by atoms with Crippen LogP contribution in [0.3, 0.4) is 0 Å². The molecule has 0 aliphatic carbocycles. The van der Waals surface area contributed by atoms with Gasteiger partial charge < -0.3 is 10.5 Å². The third-order valence-electron chi connectivity index (χ3n) is 3.09. The second-order valence-electron chi connectivity index (χ2n) is 4.62. The molecule has 2 aromatic carbocycles. The predicted molar refractivity (Wildman–Crippen MR) is 87.9 cm³/mol. The lowest BCUT2D eigenvalue weighted by atomic mass is 10.1. The zero-order valence-electron chi connectivity index (χ0n) is 11.7. The molecule has 1 aromatic heterocycles. The first-order valence-corrected chi connectivity index (χ1v) is 7.66. The van der Waals surface area contributed by atoms with Crippen LogP contribution in [0.4, 0.5) is 5.00 Å². The fourth-order valence-corrected chi connectivity index (χ4v) is 2.86. The van der Waals surface area contributed by atoms with Gasteiger partial charge in [0.05, 0.1) is 5.01 Å². The number of nitrogens with zero attached hydrogens (tertiary/aromatic N) is 1. The van der Waals surface area contributed by atoms with Gasteiger partial charge in [-0.25, -0.2) is 4.98 Å². The molecule has 1 heterocycles. The molecule has 0 atom stereocenters. The van der Waals surface area contributed by atoms with E-state index >= 15 is 0 Å². The summed E-state index contributed by atoms with van der Waals surface area (Å²) in [5.74, 6) is 1.60. The highest BCUT2D eigenvalue weighted by Crippen LogP contribution is 2.33. The van der Waals surface area contributed by atoms with E-state index in [1.165, 1.54) is 0 Å². The molecule has 3 nitrogen and oxygen atoms in total. The summed E-state index contributed by atoms with van der Waals surface area (Å²) < 4.78 is 5.85. The number of para-hydroxylation sites is 1. The van der Waals surface area contributed by atoms with Gasteiger partial charge >= 0.3 is 0 Å². The van der Waals surface area contributed by atoms with Gasteiger partial charge in [0.15, 0.2) is 0 Å². The molecule has 0 saturated heterocycles. The highest BCUT2D eigenvalue weighted by molar-refractivity contribution is 7.16. The minimum Gasteiger partial charge on any atom is -0.457 e. The maximum atomic E-state index is 6.07. The van der Waals surface area contributed by atoms with Crippen molar-refractivity contribution in [3.63, 3.8) is 0 Å². The molecular formula is C17H16N2OS. The van der Waals surface area contributed by atoms with Crippen molar-refractivity contribution in [1.82, 2.24) is 4.98 Å². The Kier molecular flexibility index (Phi) is 3.88. The standard InChI is InChI=1S/C17H16N2OS/c1-2-15-19-16(17(18)21-15)12-7-6-10-14(11-12)20-13-8-4-3-5-9-13/h3-11H,2,18H2,1H3. The largest absolute Gasteiger partial charge is 0.457 e. The number of rotatable bonds is 4. The van der Waals surface area contributed by atoms with Gasteiger partial charge in [-0.1, -0.05) is 37.3 Å². The van der Waals surface area contributed by atoms with Crippen LogP contribution < -0.4 is 10.5 Å². The number of nitrogens with two attached hydrogens (primary N) is 1. The van der Waals surface area contributed by atoms with Crippen molar-refractivity contribution in [2.75, 3.05) is 5.73 Å². The van der Waals surface area contributed by atoms with Crippen molar-refractivity contribution in [2.45, 2.75) is 13.3 Å². The van der Waals surface area contributed by atoms with Crippen LogP contribution in [-0.2, 0) is 6.42 Å². The van der Waals surface area contributed by atoms with E-state index < -0.39 is 0 Å². The first-order valence-electron chi connectivity index (χ1n) is 6.85. The first-order chi connectivity index (χ1) is 10.3. The summed E-state index contributed by atoms with van der Waals surface area (Å²) >= 11 is 1.54. The van der Waals surface area contributed by atoms with Crippen LogP contribution in [0.2, 0.25) is 0 Å². The topological polar surface area (TPSA) is 48.1 Å². The smallest absolute Gasteiger partial charge is 0.128 e. The molecule has 0 radical (unpaired) electrons. The van der Waals surface area contributed by atoms with Crippen molar-refractivity contribution in [2.24, 2.45) is 0 Å². The second-order valence-corrected chi connectivity index (χ2v) is 5.73. The van der Waals surface area contributed by atoms with Crippen LogP contribution in [0.15, 0.2) is 54.6 Å². The second kappa shape index (κ2) is 5.97. The number of aromatic nitrogens is 1. The molecule has 21 heavy (non-hydrogen) atoms. The normalized spacial score (nSPS) is 10.5. The van der Waals surface area contributed by atoms with E-state index in [-0.39, 0.29) is 0 Å². The minimum atomic E-state index is 0.753. The molecule has 0 unspecified atom stereocenters. The molecule has 0 aliphatic rings. The van der Waals surface area contributed by atoms with E-state index in [1.807, 2.05) is 54.6 Å². The number of aryl methyl sites for hydroxylation is 1. The summed E-state index contributed by atoms with van der Waals surface area (Å²) in [7, 11) is 0. The average molecular weight is 296 g/mol. The summed E-state index contributed by atoms with van der Waals surface area (Å²) in [5.41, 5.74) is 7.89. The van der Waals surface area contributed by atoms with Gasteiger partial charge in [0.25, 0.3) is 0 Å². The molecule has 0 amide bonds. The first kappa shape index (κ1) is 13.6. The number of hydrogen-bond acceptors (Lipinski definition) is 4. The van der Waals surface area contributed by atoms with Gasteiger partial charge in [-0.3, -0.25) is 0 Å². The number of nitrogen functional groups attached to an aromatic ring is 1. The molecule has 3 aromatic rings. The van der Waals surface area contributed by atoms with Crippen molar-refractivity contribution in [3.8, 4) is 22.8 Å². The van der Waals surface area contributed by atoms with Gasteiger partial charge in [0.1, 0.15) is 22.2 Å². The van der Waals surface area contributed by atoms with Crippen molar-refractivity contribution >= 4 is 16.3 Å². The maximum absolute atomic E-state index is 6.07. The Morgan fingerprint density at radius 1 is 1.05 bits per heavy atom. The fraction of sp³-hybridized carbons (Fsp3) is 0.118. The molecule has 0 spiro atoms. The van der Waals surface area contributed by atoms with Gasteiger partial charge in [0, 0.05) is 5.56 Å². The minimum absolute atomic E-state index is 0.753. The van der Waals surface area contributed by atoms with Crippen LogP contribution in [-0.4, -0.2) is 4.98 Å². The highest BCUT2D eigenvalue weighted by atomic mass is 32.1. The summed E-state index contributed by atoms with van der Waals surface area (Å²) in [6, 6.07) is 17.6. The molecule has 0 aliphatic heterocycles. The Morgan fingerprint density at radius 3 is 2.52 bits per heavy atom. The lowest BCUT2D eigenvalue weighted by Crippen LogP contribution is -1.88. The third-order valence-corrected chi connectivity index (χ3v) is 4.12. The highest BCUT2D eigenvalue weighted by Gasteiger charge is 2.10. The summed E-state index contributed by atoms with van der Waals surface area (Å²) in [6.45, 7) is 2.08. The predicted octanol–water partition coefficient (Wildman–Crippen LogP) is 4.75. The van der Waals surface area contributed by atoms with Crippen molar-refractivity contribution in [1.29, 1.82) is 0 Å². The Morgan fingerprint density at radius 2 is 1.81 bits per heavy atom. The summed E-state index contributed by atoms with van der Waals surface area (Å²) in [6.07, 6.45) is 0.898. The molecule has 0 fully saturated rings. The van der Waals surface area contributed by atoms with Crippen LogP contribution in [0.25, 0.3) is 11.3 Å². The molecular weight excluding hydrogens is 280 g/mol. The van der Waals surface area contributed by atoms with Gasteiger partial charge in [-0.05, 0) is 30.7 Å². The quantitative estimate of drug-likeness (QED) is 0.756. The molecule has 4 heteroatoms. The number of anilines is 1. The Bertz CT molecular complexity index is 738. The molecule has 106 valence electrons. The zero-order valence-corrected chi connectivity index (χ0v) is 12.6. The van der Waals surface area contributed by atoms with E-state index in [2.05, 4.69) is 11.9 Å². The number of ether oxygens (including phenoxy) is 1. The average Bonchev–Trinajstić information content (AvgIpc) is 2.90. The Balaban J connectivity index is 1.91. The van der Waals surface area contributed by atoms with Crippen LogP contribution in [0.5, 0.6) is 11.5 Å². The lowest BCUT2D eigenvalue weighted by Gasteiger charge is -2.07. The third kappa shape index (κ3) is 3.06. The van der Waals surface area contributed by atoms with E-state index in [1.54, 1.807) is 11.3 Å².